The summed E-state index contributed by atoms with van der Waals surface area (Å²) in [7, 11) is 1.63. The Morgan fingerprint density at radius 3 is 2.89 bits per heavy atom. The number of benzene rings is 1. The van der Waals surface area contributed by atoms with Crippen LogP contribution in [0.5, 0.6) is 11.5 Å². The summed E-state index contributed by atoms with van der Waals surface area (Å²) in [5.74, 6) is 1.53. The van der Waals surface area contributed by atoms with Gasteiger partial charge in [-0.2, -0.15) is 5.10 Å². The molecule has 0 saturated heterocycles. The Bertz CT molecular complexity index is 509. The van der Waals surface area contributed by atoms with Crippen molar-refractivity contribution in [1.82, 2.24) is 9.78 Å². The minimum atomic E-state index is -0.0781. The van der Waals surface area contributed by atoms with Crippen molar-refractivity contribution in [1.29, 1.82) is 0 Å². The van der Waals surface area contributed by atoms with Gasteiger partial charge in [-0.25, -0.2) is 0 Å². The normalized spacial score (nSPS) is 12.2. The third-order valence-electron chi connectivity index (χ3n) is 2.85. The first-order chi connectivity index (χ1) is 9.20. The molecule has 0 radical (unpaired) electrons. The molecular formula is C14H19N3O2. The molecule has 0 saturated carbocycles. The first-order valence-electron chi connectivity index (χ1n) is 6.24. The van der Waals surface area contributed by atoms with Crippen LogP contribution in [0.25, 0.3) is 0 Å². The van der Waals surface area contributed by atoms with Crippen LogP contribution in [-0.4, -0.2) is 23.5 Å². The molecule has 2 N–H and O–H groups in total. The van der Waals surface area contributed by atoms with Crippen molar-refractivity contribution in [3.8, 4) is 11.5 Å². The maximum absolute atomic E-state index is 5.93. The lowest BCUT2D eigenvalue weighted by Crippen LogP contribution is -2.12. The van der Waals surface area contributed by atoms with Crippen molar-refractivity contribution < 1.29 is 9.47 Å². The lowest BCUT2D eigenvalue weighted by atomic mass is 10.1. The van der Waals surface area contributed by atoms with Gasteiger partial charge in [0.1, 0.15) is 18.1 Å². The van der Waals surface area contributed by atoms with Crippen molar-refractivity contribution in [2.45, 2.75) is 19.5 Å². The summed E-state index contributed by atoms with van der Waals surface area (Å²) >= 11 is 0. The molecule has 0 unspecified atom stereocenters. The van der Waals surface area contributed by atoms with E-state index >= 15 is 0 Å². The van der Waals surface area contributed by atoms with Crippen LogP contribution in [0.3, 0.4) is 0 Å². The summed E-state index contributed by atoms with van der Waals surface area (Å²) < 4.78 is 12.8. The Hall–Kier alpha value is -2.01. The van der Waals surface area contributed by atoms with Gasteiger partial charge in [0.2, 0.25) is 0 Å². The molecular weight excluding hydrogens is 242 g/mol. The molecule has 1 aromatic heterocycles. The lowest BCUT2D eigenvalue weighted by Gasteiger charge is -2.15. The van der Waals surface area contributed by atoms with E-state index in [-0.39, 0.29) is 6.04 Å². The summed E-state index contributed by atoms with van der Waals surface area (Å²) in [6.07, 6.45) is 3.65. The number of nitrogens with zero attached hydrogens (tertiary/aromatic N) is 2. The highest BCUT2D eigenvalue weighted by Gasteiger charge is 2.09. The summed E-state index contributed by atoms with van der Waals surface area (Å²) in [4.78, 5) is 0. The van der Waals surface area contributed by atoms with Gasteiger partial charge in [-0.05, 0) is 19.1 Å². The van der Waals surface area contributed by atoms with Crippen LogP contribution in [0.2, 0.25) is 0 Å². The predicted octanol–water partition coefficient (Wildman–Crippen LogP) is 1.99. The zero-order valence-corrected chi connectivity index (χ0v) is 11.2. The van der Waals surface area contributed by atoms with Crippen molar-refractivity contribution in [3.05, 3.63) is 42.2 Å². The van der Waals surface area contributed by atoms with Crippen LogP contribution in [0, 0.1) is 0 Å². The Morgan fingerprint density at radius 1 is 1.42 bits per heavy atom. The summed E-state index contributed by atoms with van der Waals surface area (Å²) in [5, 5.41) is 4.13. The molecule has 2 aromatic rings. The van der Waals surface area contributed by atoms with Crippen LogP contribution in [0.4, 0.5) is 0 Å². The van der Waals surface area contributed by atoms with Gasteiger partial charge < -0.3 is 15.2 Å². The predicted molar refractivity (Wildman–Crippen MR) is 73.3 cm³/mol. The standard InChI is InChI=1S/C14H19N3O2/c1-11(15)13-5-4-12(18-2)10-14(13)19-9-8-17-7-3-6-16-17/h3-7,10-11H,8-9,15H2,1-2H3/t11-/m1/s1. The van der Waals surface area contributed by atoms with E-state index in [4.69, 9.17) is 15.2 Å². The minimum Gasteiger partial charge on any atom is -0.497 e. The van der Waals surface area contributed by atoms with E-state index in [9.17, 15) is 0 Å². The Balaban J connectivity index is 2.04. The first-order valence-corrected chi connectivity index (χ1v) is 6.24. The highest BCUT2D eigenvalue weighted by atomic mass is 16.5. The fourth-order valence-corrected chi connectivity index (χ4v) is 1.82. The summed E-state index contributed by atoms with van der Waals surface area (Å²) in [5.41, 5.74) is 6.91. The van der Waals surface area contributed by atoms with E-state index in [0.29, 0.717) is 13.2 Å². The monoisotopic (exact) mass is 261 g/mol. The second-order valence-electron chi connectivity index (χ2n) is 4.31. The maximum atomic E-state index is 5.93. The molecule has 0 aliphatic heterocycles. The fourth-order valence-electron chi connectivity index (χ4n) is 1.82. The van der Waals surface area contributed by atoms with Crippen LogP contribution in [0.1, 0.15) is 18.5 Å². The molecule has 5 heteroatoms. The quantitative estimate of drug-likeness (QED) is 0.863. The number of aromatic nitrogens is 2. The molecule has 0 aliphatic carbocycles. The summed E-state index contributed by atoms with van der Waals surface area (Å²) in [6.45, 7) is 3.17. The first kappa shape index (κ1) is 13.4. The van der Waals surface area contributed by atoms with Crippen molar-refractivity contribution in [2.24, 2.45) is 5.73 Å². The van der Waals surface area contributed by atoms with E-state index in [2.05, 4.69) is 5.10 Å². The Labute approximate surface area is 112 Å². The van der Waals surface area contributed by atoms with Gasteiger partial charge in [-0.15, -0.1) is 0 Å². The Kier molecular flexibility index (Phi) is 4.41. The number of rotatable bonds is 6. The number of nitrogens with two attached hydrogens (primary N) is 1. The molecule has 0 bridgehead atoms. The zero-order chi connectivity index (χ0) is 13.7. The molecule has 0 aliphatic rings. The molecule has 19 heavy (non-hydrogen) atoms. The zero-order valence-electron chi connectivity index (χ0n) is 11.2. The molecule has 102 valence electrons. The van der Waals surface area contributed by atoms with E-state index in [1.165, 1.54) is 0 Å². The molecule has 0 spiro atoms. The number of methoxy groups -OCH3 is 1. The second kappa shape index (κ2) is 6.24. The molecule has 1 aromatic carbocycles. The second-order valence-corrected chi connectivity index (χ2v) is 4.31. The van der Waals surface area contributed by atoms with Crippen LogP contribution in [0.15, 0.2) is 36.7 Å². The van der Waals surface area contributed by atoms with Crippen LogP contribution >= 0.6 is 0 Å². The third kappa shape index (κ3) is 3.48. The third-order valence-corrected chi connectivity index (χ3v) is 2.85. The molecule has 0 amide bonds. The highest BCUT2D eigenvalue weighted by molar-refractivity contribution is 5.42. The maximum Gasteiger partial charge on any atom is 0.127 e. The molecule has 1 atom stereocenters. The minimum absolute atomic E-state index is 0.0781. The van der Waals surface area contributed by atoms with E-state index in [0.717, 1.165) is 17.1 Å². The van der Waals surface area contributed by atoms with Gasteiger partial charge in [0.15, 0.2) is 0 Å². The van der Waals surface area contributed by atoms with Gasteiger partial charge in [-0.3, -0.25) is 4.68 Å². The van der Waals surface area contributed by atoms with Crippen LogP contribution < -0.4 is 15.2 Å². The van der Waals surface area contributed by atoms with Gasteiger partial charge in [0.25, 0.3) is 0 Å². The Morgan fingerprint density at radius 2 is 2.26 bits per heavy atom. The van der Waals surface area contributed by atoms with Crippen LogP contribution in [-0.2, 0) is 6.54 Å². The number of hydrogen-bond acceptors (Lipinski definition) is 4. The topological polar surface area (TPSA) is 62.3 Å². The largest absolute Gasteiger partial charge is 0.497 e. The average molecular weight is 261 g/mol. The average Bonchev–Trinajstić information content (AvgIpc) is 2.91. The van der Waals surface area contributed by atoms with E-state index in [1.54, 1.807) is 13.3 Å². The lowest BCUT2D eigenvalue weighted by molar-refractivity contribution is 0.285. The summed E-state index contributed by atoms with van der Waals surface area (Å²) in [6, 6.07) is 7.50. The molecule has 2 rings (SSSR count). The SMILES string of the molecule is COc1ccc([C@@H](C)N)c(OCCn2cccn2)c1. The highest BCUT2D eigenvalue weighted by Crippen LogP contribution is 2.28. The molecule has 0 fully saturated rings. The van der Waals surface area contributed by atoms with Gasteiger partial charge in [0, 0.05) is 30.1 Å². The number of ether oxygens (including phenoxy) is 2. The fraction of sp³-hybridized carbons (Fsp3) is 0.357. The molecule has 1 heterocycles. The van der Waals surface area contributed by atoms with Crippen molar-refractivity contribution in [2.75, 3.05) is 13.7 Å². The van der Waals surface area contributed by atoms with E-state index < -0.39 is 0 Å². The van der Waals surface area contributed by atoms with Gasteiger partial charge >= 0.3 is 0 Å². The van der Waals surface area contributed by atoms with Gasteiger partial charge in [-0.1, -0.05) is 6.07 Å². The van der Waals surface area contributed by atoms with Crippen molar-refractivity contribution >= 4 is 0 Å². The van der Waals surface area contributed by atoms with Crippen molar-refractivity contribution in [3.63, 3.8) is 0 Å². The number of hydrogen-bond donors (Lipinski definition) is 1. The van der Waals surface area contributed by atoms with Gasteiger partial charge in [0.05, 0.1) is 13.7 Å². The smallest absolute Gasteiger partial charge is 0.127 e. The molecule has 5 nitrogen and oxygen atoms in total. The van der Waals surface area contributed by atoms with E-state index in [1.807, 2.05) is 42.1 Å².